The summed E-state index contributed by atoms with van der Waals surface area (Å²) in [6.07, 6.45) is 4.48. The van der Waals surface area contributed by atoms with E-state index in [0.717, 1.165) is 44.1 Å². The average molecular weight is 656 g/mol. The predicted molar refractivity (Wildman–Crippen MR) is 169 cm³/mol. The second-order valence-electron chi connectivity index (χ2n) is 12.8. The summed E-state index contributed by atoms with van der Waals surface area (Å²) < 4.78 is 38.2. The molecular weight excluding hydrogens is 607 g/mol. The number of hydrogen-bond donors (Lipinski definition) is 2. The monoisotopic (exact) mass is 655 g/mol. The molecule has 45 heavy (non-hydrogen) atoms. The number of nitrogens with one attached hydrogen (secondary N) is 2. The van der Waals surface area contributed by atoms with E-state index in [9.17, 15) is 27.6 Å². The maximum absolute atomic E-state index is 14.0. The Bertz CT molecular complexity index is 1110. The zero-order valence-corrected chi connectivity index (χ0v) is 27.3. The molecule has 2 N–H and O–H groups in total. The summed E-state index contributed by atoms with van der Waals surface area (Å²) >= 11 is 6.10. The number of carbonyl (C=O) groups excluding carboxylic acids is 3. The van der Waals surface area contributed by atoms with Gasteiger partial charge in [0.25, 0.3) is 0 Å². The van der Waals surface area contributed by atoms with Gasteiger partial charge in [-0.2, -0.15) is 13.2 Å². The van der Waals surface area contributed by atoms with Gasteiger partial charge in [-0.05, 0) is 89.3 Å². The van der Waals surface area contributed by atoms with Gasteiger partial charge in [0, 0.05) is 55.4 Å². The summed E-state index contributed by atoms with van der Waals surface area (Å²) in [7, 11) is 0. The first-order valence-corrected chi connectivity index (χ1v) is 17.1. The van der Waals surface area contributed by atoms with Crippen LogP contribution in [-0.2, 0) is 16.0 Å². The molecule has 252 valence electrons. The number of piperidine rings is 1. The molecule has 0 unspecified atom stereocenters. The van der Waals surface area contributed by atoms with Crippen molar-refractivity contribution in [2.24, 2.45) is 0 Å². The zero-order chi connectivity index (χ0) is 32.6. The third kappa shape index (κ3) is 9.73. The lowest BCUT2D eigenvalue weighted by molar-refractivity contribution is -0.174. The molecule has 8 nitrogen and oxygen atoms in total. The third-order valence-corrected chi connectivity index (χ3v) is 10.1. The van der Waals surface area contributed by atoms with Crippen LogP contribution in [0.1, 0.15) is 90.0 Å². The minimum Gasteiger partial charge on any atom is -0.346 e. The standard InChI is InChI=1S/C33H49ClF3N5O3/c1-3-40(4-2)32(45)42(27-8-6-5-7-9-27)28-18-20-41(21-19-28)30(43)29(22-23-10-12-24(34)13-11-23)38-25-14-16-26(17-15-25)39-31(44)33(35,36)37/h10-13,25-29,38H,3-9,14-22H2,1-2H3,(H,39,44)/t25?,26?,29-/m1/s1. The van der Waals surface area contributed by atoms with Crippen LogP contribution in [0, 0.1) is 0 Å². The highest BCUT2D eigenvalue weighted by molar-refractivity contribution is 6.30. The molecule has 0 aromatic heterocycles. The highest BCUT2D eigenvalue weighted by atomic mass is 35.5. The van der Waals surface area contributed by atoms with Crippen LogP contribution in [0.4, 0.5) is 18.0 Å². The number of carbonyl (C=O) groups is 3. The lowest BCUT2D eigenvalue weighted by Gasteiger charge is -2.45. The smallest absolute Gasteiger partial charge is 0.346 e. The summed E-state index contributed by atoms with van der Waals surface area (Å²) in [5, 5.41) is 6.23. The first kappa shape index (κ1) is 35.3. The van der Waals surface area contributed by atoms with Crippen LogP contribution in [0.15, 0.2) is 24.3 Å². The van der Waals surface area contributed by atoms with E-state index in [2.05, 4.69) is 15.5 Å². The highest BCUT2D eigenvalue weighted by Crippen LogP contribution is 2.30. The maximum atomic E-state index is 14.0. The topological polar surface area (TPSA) is 85.0 Å². The minimum atomic E-state index is -4.90. The van der Waals surface area contributed by atoms with Crippen LogP contribution < -0.4 is 10.6 Å². The summed E-state index contributed by atoms with van der Waals surface area (Å²) in [6.45, 7) is 6.50. The van der Waals surface area contributed by atoms with Crippen molar-refractivity contribution in [3.05, 3.63) is 34.9 Å². The number of amides is 4. The Kier molecular flexibility index (Phi) is 12.8. The number of halogens is 4. The van der Waals surface area contributed by atoms with E-state index >= 15 is 0 Å². The molecule has 1 heterocycles. The first-order chi connectivity index (χ1) is 21.5. The van der Waals surface area contributed by atoms with Gasteiger partial charge in [0.2, 0.25) is 5.91 Å². The molecule has 0 radical (unpaired) electrons. The fourth-order valence-electron chi connectivity index (χ4n) is 7.24. The van der Waals surface area contributed by atoms with Gasteiger partial charge in [-0.3, -0.25) is 9.59 Å². The Labute approximate surface area is 270 Å². The largest absolute Gasteiger partial charge is 0.471 e. The average Bonchev–Trinajstić information content (AvgIpc) is 3.03. The van der Waals surface area contributed by atoms with E-state index < -0.39 is 24.2 Å². The number of nitrogens with zero attached hydrogens (tertiary/aromatic N) is 3. The lowest BCUT2D eigenvalue weighted by atomic mass is 9.89. The molecule has 0 spiro atoms. The summed E-state index contributed by atoms with van der Waals surface area (Å²) in [5.41, 5.74) is 0.958. The SMILES string of the molecule is CCN(CC)C(=O)N(C1CCCCC1)C1CCN(C(=O)[C@@H](Cc2ccc(Cl)cc2)NC2CCC(NC(=O)C(F)(F)F)CC2)CC1. The number of alkyl halides is 3. The number of hydrogen-bond acceptors (Lipinski definition) is 4. The van der Waals surface area contributed by atoms with Crippen molar-refractivity contribution in [1.82, 2.24) is 25.3 Å². The number of likely N-dealkylation sites (tertiary alicyclic amines) is 1. The first-order valence-electron chi connectivity index (χ1n) is 16.7. The van der Waals surface area contributed by atoms with Crippen molar-refractivity contribution >= 4 is 29.4 Å². The minimum absolute atomic E-state index is 0.00446. The van der Waals surface area contributed by atoms with Crippen LogP contribution in [0.25, 0.3) is 0 Å². The fourth-order valence-corrected chi connectivity index (χ4v) is 7.37. The van der Waals surface area contributed by atoms with Crippen LogP contribution >= 0.6 is 11.6 Å². The predicted octanol–water partition coefficient (Wildman–Crippen LogP) is 5.92. The van der Waals surface area contributed by atoms with Crippen LogP contribution in [-0.4, -0.2) is 95.1 Å². The van der Waals surface area contributed by atoms with Crippen molar-refractivity contribution < 1.29 is 27.6 Å². The molecule has 4 rings (SSSR count). The molecular formula is C33H49ClF3N5O3. The van der Waals surface area contributed by atoms with Crippen LogP contribution in [0.3, 0.4) is 0 Å². The lowest BCUT2D eigenvalue weighted by Crippen LogP contribution is -2.58. The number of urea groups is 1. The van der Waals surface area contributed by atoms with Gasteiger partial charge in [-0.25, -0.2) is 4.79 Å². The molecule has 1 saturated heterocycles. The van der Waals surface area contributed by atoms with Crippen molar-refractivity contribution in [3.63, 3.8) is 0 Å². The van der Waals surface area contributed by atoms with Gasteiger partial charge in [0.1, 0.15) is 0 Å². The van der Waals surface area contributed by atoms with Gasteiger partial charge in [-0.15, -0.1) is 0 Å². The molecule has 2 aliphatic carbocycles. The Hall–Kier alpha value is -2.53. The summed E-state index contributed by atoms with van der Waals surface area (Å²) in [6, 6.07) is 6.74. The van der Waals surface area contributed by atoms with E-state index in [1.165, 1.54) is 6.42 Å². The third-order valence-electron chi connectivity index (χ3n) is 9.80. The Morgan fingerprint density at radius 1 is 0.867 bits per heavy atom. The molecule has 1 aliphatic heterocycles. The van der Waals surface area contributed by atoms with E-state index in [1.807, 2.05) is 35.8 Å². The molecule has 1 atom stereocenters. The number of rotatable bonds is 10. The van der Waals surface area contributed by atoms with E-state index in [4.69, 9.17) is 11.6 Å². The van der Waals surface area contributed by atoms with Crippen LogP contribution in [0.2, 0.25) is 5.02 Å². The molecule has 4 amide bonds. The quantitative estimate of drug-likeness (QED) is 0.328. The van der Waals surface area contributed by atoms with Gasteiger partial charge in [0.05, 0.1) is 6.04 Å². The van der Waals surface area contributed by atoms with Crippen molar-refractivity contribution in [3.8, 4) is 0 Å². The van der Waals surface area contributed by atoms with Crippen molar-refractivity contribution in [2.45, 2.75) is 127 Å². The van der Waals surface area contributed by atoms with Crippen molar-refractivity contribution in [1.29, 1.82) is 0 Å². The normalized spacial score (nSPS) is 22.5. The Morgan fingerprint density at radius 2 is 1.42 bits per heavy atom. The van der Waals surface area contributed by atoms with E-state index in [-0.39, 0.29) is 30.1 Å². The molecule has 2 saturated carbocycles. The highest BCUT2D eigenvalue weighted by Gasteiger charge is 2.41. The van der Waals surface area contributed by atoms with Gasteiger partial charge in [-0.1, -0.05) is 43.0 Å². The zero-order valence-electron chi connectivity index (χ0n) is 26.6. The van der Waals surface area contributed by atoms with E-state index in [1.54, 1.807) is 12.1 Å². The molecule has 3 aliphatic rings. The summed E-state index contributed by atoms with van der Waals surface area (Å²) in [5.74, 6) is -1.91. The Balaban J connectivity index is 1.41. The molecule has 3 fully saturated rings. The van der Waals surface area contributed by atoms with Gasteiger partial charge in [0.15, 0.2) is 0 Å². The van der Waals surface area contributed by atoms with Gasteiger partial charge >= 0.3 is 18.1 Å². The summed E-state index contributed by atoms with van der Waals surface area (Å²) in [4.78, 5) is 45.1. The molecule has 0 bridgehead atoms. The second-order valence-corrected chi connectivity index (χ2v) is 13.2. The van der Waals surface area contributed by atoms with E-state index in [0.29, 0.717) is 63.3 Å². The fraction of sp³-hybridized carbons (Fsp3) is 0.727. The maximum Gasteiger partial charge on any atom is 0.471 e. The number of benzene rings is 1. The Morgan fingerprint density at radius 3 is 1.98 bits per heavy atom. The second kappa shape index (κ2) is 16.3. The molecule has 1 aromatic carbocycles. The van der Waals surface area contributed by atoms with Gasteiger partial charge < -0.3 is 25.3 Å². The van der Waals surface area contributed by atoms with Crippen LogP contribution in [0.5, 0.6) is 0 Å². The molecule has 12 heteroatoms. The molecule has 1 aromatic rings. The van der Waals surface area contributed by atoms with Crippen molar-refractivity contribution in [2.75, 3.05) is 26.2 Å².